The number of carboxylic acid groups (broad SMARTS) is 1. The number of methoxy groups -OCH3 is 1. The summed E-state index contributed by atoms with van der Waals surface area (Å²) in [7, 11) is 1.54. The highest BCUT2D eigenvalue weighted by molar-refractivity contribution is 5.95. The molecule has 8 heteroatoms. The summed E-state index contributed by atoms with van der Waals surface area (Å²) in [5.41, 5.74) is 3.29. The number of benzene rings is 2. The Kier molecular flexibility index (Phi) is 7.18. The van der Waals surface area contributed by atoms with Crippen LogP contribution >= 0.6 is 0 Å². The largest absolute Gasteiger partial charge is 0.497 e. The molecule has 2 N–H and O–H groups in total. The van der Waals surface area contributed by atoms with Crippen LogP contribution in [0.1, 0.15) is 22.8 Å². The first-order chi connectivity index (χ1) is 13.0. The average Bonchev–Trinajstić information content (AvgIpc) is 2.67. The molecular formula is C19H20N2O6. The number of nitrogens with zero attached hydrogens (tertiary/aromatic N) is 1. The van der Waals surface area contributed by atoms with Crippen LogP contribution in [0, 0.1) is 0 Å². The molecule has 0 radical (unpaired) electrons. The molecule has 0 saturated carbocycles. The van der Waals surface area contributed by atoms with E-state index in [1.807, 2.05) is 0 Å². The van der Waals surface area contributed by atoms with Gasteiger partial charge in [-0.2, -0.15) is 5.10 Å². The summed E-state index contributed by atoms with van der Waals surface area (Å²) in [5, 5.41) is 12.7. The summed E-state index contributed by atoms with van der Waals surface area (Å²) in [6.07, 6.45) is 1.36. The van der Waals surface area contributed by atoms with E-state index in [1.165, 1.54) is 6.21 Å². The molecule has 1 amide bonds. The number of hydrazone groups is 1. The van der Waals surface area contributed by atoms with Crippen LogP contribution < -0.4 is 19.6 Å². The number of aliphatic carboxylic acids is 1. The van der Waals surface area contributed by atoms with E-state index in [0.29, 0.717) is 29.2 Å². The number of rotatable bonds is 9. The van der Waals surface area contributed by atoms with Crippen molar-refractivity contribution < 1.29 is 28.9 Å². The molecule has 0 spiro atoms. The lowest BCUT2D eigenvalue weighted by Crippen LogP contribution is -2.17. The van der Waals surface area contributed by atoms with E-state index in [2.05, 4.69) is 10.5 Å². The smallest absolute Gasteiger partial charge is 0.341 e. The third kappa shape index (κ3) is 5.74. The van der Waals surface area contributed by atoms with Gasteiger partial charge in [0.05, 0.1) is 19.9 Å². The minimum atomic E-state index is -1.11. The third-order valence-electron chi connectivity index (χ3n) is 3.37. The zero-order valence-electron chi connectivity index (χ0n) is 15.0. The van der Waals surface area contributed by atoms with Gasteiger partial charge in [-0.1, -0.05) is 6.07 Å². The lowest BCUT2D eigenvalue weighted by molar-refractivity contribution is -0.139. The predicted molar refractivity (Wildman–Crippen MR) is 98.8 cm³/mol. The van der Waals surface area contributed by atoms with E-state index in [0.717, 1.165) is 0 Å². The van der Waals surface area contributed by atoms with E-state index in [-0.39, 0.29) is 5.75 Å². The van der Waals surface area contributed by atoms with Crippen LogP contribution in [0.2, 0.25) is 0 Å². The Morgan fingerprint density at radius 1 is 1.15 bits per heavy atom. The van der Waals surface area contributed by atoms with E-state index in [4.69, 9.17) is 19.3 Å². The molecule has 0 atom stereocenters. The quantitative estimate of drug-likeness (QED) is 0.517. The molecule has 0 fully saturated rings. The van der Waals surface area contributed by atoms with Crippen LogP contribution in [0.25, 0.3) is 0 Å². The van der Waals surface area contributed by atoms with Crippen molar-refractivity contribution in [3.05, 3.63) is 53.6 Å². The number of ether oxygens (including phenoxy) is 3. The highest BCUT2D eigenvalue weighted by Crippen LogP contribution is 2.30. The first-order valence-corrected chi connectivity index (χ1v) is 8.13. The molecule has 2 aromatic rings. The fourth-order valence-corrected chi connectivity index (χ4v) is 2.16. The average molecular weight is 372 g/mol. The molecule has 27 heavy (non-hydrogen) atoms. The zero-order valence-corrected chi connectivity index (χ0v) is 15.0. The lowest BCUT2D eigenvalue weighted by atomic mass is 10.2. The second-order valence-electron chi connectivity index (χ2n) is 5.22. The summed E-state index contributed by atoms with van der Waals surface area (Å²) in [5.74, 6) is -0.240. The summed E-state index contributed by atoms with van der Waals surface area (Å²) >= 11 is 0. The number of para-hydroxylation sites is 1. The van der Waals surface area contributed by atoms with Gasteiger partial charge in [0, 0.05) is 11.1 Å². The monoisotopic (exact) mass is 372 g/mol. The number of hydrogen-bond acceptors (Lipinski definition) is 6. The molecule has 142 valence electrons. The van der Waals surface area contributed by atoms with Crippen LogP contribution in [0.15, 0.2) is 47.6 Å². The molecule has 2 rings (SSSR count). The van der Waals surface area contributed by atoms with Crippen molar-refractivity contribution in [3.63, 3.8) is 0 Å². The van der Waals surface area contributed by atoms with Gasteiger partial charge in [0.2, 0.25) is 0 Å². The van der Waals surface area contributed by atoms with Crippen molar-refractivity contribution in [3.8, 4) is 17.2 Å². The normalized spacial score (nSPS) is 10.4. The fourth-order valence-electron chi connectivity index (χ4n) is 2.16. The minimum Gasteiger partial charge on any atom is -0.497 e. The van der Waals surface area contributed by atoms with Gasteiger partial charge in [-0.25, -0.2) is 10.2 Å². The minimum absolute atomic E-state index is 0.240. The number of carbonyl (C=O) groups excluding carboxylic acids is 1. The first kappa shape index (κ1) is 19.8. The summed E-state index contributed by atoms with van der Waals surface area (Å²) < 4.78 is 15.8. The predicted octanol–water partition coefficient (Wildman–Crippen LogP) is 2.32. The Hall–Kier alpha value is -3.55. The second-order valence-corrected chi connectivity index (χ2v) is 5.22. The van der Waals surface area contributed by atoms with Crippen molar-refractivity contribution >= 4 is 18.1 Å². The van der Waals surface area contributed by atoms with Gasteiger partial charge >= 0.3 is 5.97 Å². The van der Waals surface area contributed by atoms with Gasteiger partial charge in [0.25, 0.3) is 5.91 Å². The van der Waals surface area contributed by atoms with Gasteiger partial charge < -0.3 is 19.3 Å². The van der Waals surface area contributed by atoms with Crippen LogP contribution in [0.3, 0.4) is 0 Å². The van der Waals surface area contributed by atoms with Crippen molar-refractivity contribution in [2.24, 2.45) is 5.10 Å². The van der Waals surface area contributed by atoms with Gasteiger partial charge in [-0.05, 0) is 43.3 Å². The molecule has 0 aromatic heterocycles. The van der Waals surface area contributed by atoms with Crippen molar-refractivity contribution in [1.82, 2.24) is 5.43 Å². The Bertz CT molecular complexity index is 817. The molecule has 0 saturated heterocycles. The maximum absolute atomic E-state index is 12.1. The van der Waals surface area contributed by atoms with E-state index < -0.39 is 18.5 Å². The van der Waals surface area contributed by atoms with Crippen LogP contribution in [-0.2, 0) is 4.79 Å². The number of amides is 1. The second kappa shape index (κ2) is 9.81. The summed E-state index contributed by atoms with van der Waals surface area (Å²) in [6, 6.07) is 11.6. The fraction of sp³-hybridized carbons (Fsp3) is 0.211. The molecule has 0 aliphatic carbocycles. The molecule has 0 aliphatic rings. The Balaban J connectivity index is 2.13. The number of carbonyl (C=O) groups is 2. The molecule has 0 heterocycles. The Morgan fingerprint density at radius 3 is 2.52 bits per heavy atom. The molecule has 8 nitrogen and oxygen atoms in total. The van der Waals surface area contributed by atoms with E-state index in [9.17, 15) is 9.59 Å². The highest BCUT2D eigenvalue weighted by atomic mass is 16.5. The SMILES string of the molecule is CCOc1cccc(/C=N/NC(=O)c2ccc(OC)cc2)c1OCC(=O)O. The summed E-state index contributed by atoms with van der Waals surface area (Å²) in [6.45, 7) is 1.66. The first-order valence-electron chi connectivity index (χ1n) is 8.13. The third-order valence-corrected chi connectivity index (χ3v) is 3.37. The van der Waals surface area contributed by atoms with E-state index in [1.54, 1.807) is 56.5 Å². The van der Waals surface area contributed by atoms with Gasteiger partial charge in [0.1, 0.15) is 5.75 Å². The van der Waals surface area contributed by atoms with Crippen molar-refractivity contribution in [1.29, 1.82) is 0 Å². The van der Waals surface area contributed by atoms with Crippen LogP contribution in [-0.4, -0.2) is 43.5 Å². The van der Waals surface area contributed by atoms with Gasteiger partial charge in [0.15, 0.2) is 18.1 Å². The van der Waals surface area contributed by atoms with Gasteiger partial charge in [-0.15, -0.1) is 0 Å². The maximum atomic E-state index is 12.1. The van der Waals surface area contributed by atoms with Crippen molar-refractivity contribution in [2.45, 2.75) is 6.92 Å². The van der Waals surface area contributed by atoms with Crippen LogP contribution in [0.4, 0.5) is 0 Å². The summed E-state index contributed by atoms with van der Waals surface area (Å²) in [4.78, 5) is 22.9. The maximum Gasteiger partial charge on any atom is 0.341 e. The molecule has 2 aromatic carbocycles. The lowest BCUT2D eigenvalue weighted by Gasteiger charge is -2.12. The number of hydrogen-bond donors (Lipinski definition) is 2. The highest BCUT2D eigenvalue weighted by Gasteiger charge is 2.12. The van der Waals surface area contributed by atoms with Gasteiger partial charge in [-0.3, -0.25) is 4.79 Å². The topological polar surface area (TPSA) is 106 Å². The molecule has 0 unspecified atom stereocenters. The Morgan fingerprint density at radius 2 is 1.89 bits per heavy atom. The molecular weight excluding hydrogens is 352 g/mol. The van der Waals surface area contributed by atoms with E-state index >= 15 is 0 Å². The number of carboxylic acids is 1. The number of nitrogens with one attached hydrogen (secondary N) is 1. The van der Waals surface area contributed by atoms with Crippen molar-refractivity contribution in [2.75, 3.05) is 20.3 Å². The van der Waals surface area contributed by atoms with Crippen LogP contribution in [0.5, 0.6) is 17.2 Å². The zero-order chi connectivity index (χ0) is 19.6. The molecule has 0 bridgehead atoms. The standard InChI is InChI=1S/C19H20N2O6/c1-3-26-16-6-4-5-14(18(16)27-12-17(22)23)11-20-21-19(24)13-7-9-15(25-2)10-8-13/h4-11H,3,12H2,1-2H3,(H,21,24)(H,22,23)/b20-11+. The molecule has 0 aliphatic heterocycles. The Labute approximate surface area is 156 Å².